The quantitative estimate of drug-likeness (QED) is 0.609. The second-order valence-corrected chi connectivity index (χ2v) is 3.45. The molecule has 0 aliphatic heterocycles. The van der Waals surface area contributed by atoms with Crippen LogP contribution in [0, 0.1) is 5.92 Å². The number of carbonyl (C=O) groups excluding carboxylic acids is 1. The minimum absolute atomic E-state index is 0.00648. The maximum Gasteiger partial charge on any atom is 0.404 e. The monoisotopic (exact) mass is 169 g/mol. The van der Waals surface area contributed by atoms with Crippen LogP contribution in [0.2, 0.25) is 0 Å². The van der Waals surface area contributed by atoms with Crippen LogP contribution in [0.1, 0.15) is 26.2 Å². The largest absolute Gasteiger partial charge is 0.446 e. The van der Waals surface area contributed by atoms with Gasteiger partial charge in [0.2, 0.25) is 0 Å². The van der Waals surface area contributed by atoms with Gasteiger partial charge in [0.15, 0.2) is 0 Å². The Kier molecular flexibility index (Phi) is 2.74. The minimum atomic E-state index is -0.667. The van der Waals surface area contributed by atoms with Crippen LogP contribution in [0.3, 0.4) is 0 Å². The average Bonchev–Trinajstić information content (AvgIpc) is 1.94. The van der Waals surface area contributed by atoms with Crippen molar-refractivity contribution in [1.82, 2.24) is 0 Å². The summed E-state index contributed by atoms with van der Waals surface area (Å²) in [4.78, 5) is 10.5. The molecule has 3 nitrogen and oxygen atoms in total. The van der Waals surface area contributed by atoms with Crippen LogP contribution in [0.15, 0.2) is 12.2 Å². The molecule has 0 bridgehead atoms. The highest BCUT2D eigenvalue weighted by molar-refractivity contribution is 5.64. The molecule has 1 fully saturated rings. The number of rotatable bonds is 1. The fraction of sp³-hybridized carbons (Fsp3) is 0.667. The molecule has 1 saturated carbocycles. The maximum absolute atomic E-state index is 10.5. The highest BCUT2D eigenvalue weighted by atomic mass is 16.6. The molecule has 0 aromatic carbocycles. The van der Waals surface area contributed by atoms with Gasteiger partial charge < -0.3 is 10.5 Å². The van der Waals surface area contributed by atoms with Gasteiger partial charge >= 0.3 is 6.09 Å². The van der Waals surface area contributed by atoms with Crippen molar-refractivity contribution < 1.29 is 9.53 Å². The zero-order valence-electron chi connectivity index (χ0n) is 7.38. The first-order valence-corrected chi connectivity index (χ1v) is 4.22. The molecular formula is C9H15NO2. The lowest BCUT2D eigenvalue weighted by molar-refractivity contribution is 0.0594. The molecule has 0 spiro atoms. The number of primary amides is 1. The molecule has 0 radical (unpaired) electrons. The molecule has 1 aliphatic carbocycles. The van der Waals surface area contributed by atoms with Gasteiger partial charge in [0.1, 0.15) is 6.10 Å². The number of nitrogens with two attached hydrogens (primary N) is 1. The lowest BCUT2D eigenvalue weighted by Gasteiger charge is -2.28. The molecule has 1 rings (SSSR count). The third-order valence-corrected chi connectivity index (χ3v) is 2.30. The Hall–Kier alpha value is -0.990. The van der Waals surface area contributed by atoms with Crippen LogP contribution < -0.4 is 5.73 Å². The van der Waals surface area contributed by atoms with Gasteiger partial charge in [-0.25, -0.2) is 4.79 Å². The predicted octanol–water partition coefficient (Wildman–Crippen LogP) is 1.83. The van der Waals surface area contributed by atoms with Crippen molar-refractivity contribution in [2.45, 2.75) is 32.3 Å². The molecule has 2 atom stereocenters. The molecular weight excluding hydrogens is 154 g/mol. The van der Waals surface area contributed by atoms with Crippen molar-refractivity contribution in [2.75, 3.05) is 0 Å². The van der Waals surface area contributed by atoms with Gasteiger partial charge in [-0.05, 0) is 25.2 Å². The van der Waals surface area contributed by atoms with E-state index in [2.05, 4.69) is 13.5 Å². The number of ether oxygens (including phenoxy) is 1. The van der Waals surface area contributed by atoms with Crippen molar-refractivity contribution in [3.8, 4) is 0 Å². The Balaban J connectivity index is 2.45. The van der Waals surface area contributed by atoms with Crippen molar-refractivity contribution in [3.05, 3.63) is 12.2 Å². The fourth-order valence-corrected chi connectivity index (χ4v) is 1.64. The highest BCUT2D eigenvalue weighted by Crippen LogP contribution is 2.29. The zero-order valence-corrected chi connectivity index (χ0v) is 7.38. The van der Waals surface area contributed by atoms with Crippen LogP contribution in [0.25, 0.3) is 0 Å². The summed E-state index contributed by atoms with van der Waals surface area (Å²) >= 11 is 0. The minimum Gasteiger partial charge on any atom is -0.446 e. The molecule has 0 aromatic heterocycles. The van der Waals surface area contributed by atoms with E-state index >= 15 is 0 Å². The second-order valence-electron chi connectivity index (χ2n) is 3.45. The van der Waals surface area contributed by atoms with Crippen LogP contribution in [-0.2, 0) is 4.74 Å². The number of allylic oxidation sites excluding steroid dienone is 1. The molecule has 0 heterocycles. The molecule has 2 N–H and O–H groups in total. The third-order valence-electron chi connectivity index (χ3n) is 2.30. The maximum atomic E-state index is 10.5. The van der Waals surface area contributed by atoms with Crippen LogP contribution in [0.4, 0.5) is 4.79 Å². The van der Waals surface area contributed by atoms with Gasteiger partial charge in [-0.15, -0.1) is 0 Å². The van der Waals surface area contributed by atoms with E-state index in [-0.39, 0.29) is 6.10 Å². The van der Waals surface area contributed by atoms with E-state index in [9.17, 15) is 4.79 Å². The van der Waals surface area contributed by atoms with E-state index in [0.29, 0.717) is 5.92 Å². The molecule has 12 heavy (non-hydrogen) atoms. The van der Waals surface area contributed by atoms with Gasteiger partial charge in [-0.1, -0.05) is 19.1 Å². The van der Waals surface area contributed by atoms with Crippen molar-refractivity contribution in [2.24, 2.45) is 11.7 Å². The Morgan fingerprint density at radius 2 is 2.42 bits per heavy atom. The predicted molar refractivity (Wildman–Crippen MR) is 46.6 cm³/mol. The molecule has 1 amide bonds. The summed E-state index contributed by atoms with van der Waals surface area (Å²) in [6.45, 7) is 5.96. The van der Waals surface area contributed by atoms with E-state index < -0.39 is 6.09 Å². The molecule has 3 heteroatoms. The van der Waals surface area contributed by atoms with Gasteiger partial charge in [-0.3, -0.25) is 0 Å². The topological polar surface area (TPSA) is 52.3 Å². The first kappa shape index (κ1) is 9.10. The number of hydrogen-bond acceptors (Lipinski definition) is 2. The van der Waals surface area contributed by atoms with E-state index in [1.165, 1.54) is 5.57 Å². The Morgan fingerprint density at radius 1 is 1.75 bits per heavy atom. The fourth-order valence-electron chi connectivity index (χ4n) is 1.64. The third kappa shape index (κ3) is 2.26. The molecule has 68 valence electrons. The summed E-state index contributed by atoms with van der Waals surface area (Å²) in [5.41, 5.74) is 6.18. The zero-order chi connectivity index (χ0) is 9.14. The molecule has 2 unspecified atom stereocenters. The Morgan fingerprint density at radius 3 is 2.92 bits per heavy atom. The summed E-state index contributed by atoms with van der Waals surface area (Å²) in [7, 11) is 0. The smallest absolute Gasteiger partial charge is 0.404 e. The lowest BCUT2D eigenvalue weighted by atomic mass is 9.85. The second kappa shape index (κ2) is 3.61. The first-order chi connectivity index (χ1) is 5.59. The van der Waals surface area contributed by atoms with Gasteiger partial charge in [0.25, 0.3) is 0 Å². The molecule has 0 aromatic rings. The van der Waals surface area contributed by atoms with Crippen LogP contribution in [0.5, 0.6) is 0 Å². The highest BCUT2D eigenvalue weighted by Gasteiger charge is 2.25. The van der Waals surface area contributed by atoms with Gasteiger partial charge in [0, 0.05) is 0 Å². The number of hydrogen-bond donors (Lipinski definition) is 1. The van der Waals surface area contributed by atoms with Crippen LogP contribution >= 0.6 is 0 Å². The standard InChI is InChI=1S/C9H15NO2/c1-6-3-4-8(7(2)5-6)12-9(10)11/h7-8H,1,3-5H2,2H3,(H2,10,11). The Bertz CT molecular complexity index is 201. The summed E-state index contributed by atoms with van der Waals surface area (Å²) < 4.78 is 4.95. The summed E-state index contributed by atoms with van der Waals surface area (Å²) in [5, 5.41) is 0. The first-order valence-electron chi connectivity index (χ1n) is 4.22. The van der Waals surface area contributed by atoms with E-state index in [1.807, 2.05) is 0 Å². The summed E-state index contributed by atoms with van der Waals surface area (Å²) in [6, 6.07) is 0. The van der Waals surface area contributed by atoms with Crippen molar-refractivity contribution >= 4 is 6.09 Å². The summed E-state index contributed by atoms with van der Waals surface area (Å²) in [5.74, 6) is 0.360. The van der Waals surface area contributed by atoms with Crippen LogP contribution in [-0.4, -0.2) is 12.2 Å². The van der Waals surface area contributed by atoms with Gasteiger partial charge in [0.05, 0.1) is 0 Å². The lowest BCUT2D eigenvalue weighted by Crippen LogP contribution is -2.31. The van der Waals surface area contributed by atoms with Crippen molar-refractivity contribution in [1.29, 1.82) is 0 Å². The van der Waals surface area contributed by atoms with E-state index in [0.717, 1.165) is 19.3 Å². The van der Waals surface area contributed by atoms with Crippen molar-refractivity contribution in [3.63, 3.8) is 0 Å². The number of amides is 1. The number of carbonyl (C=O) groups is 1. The Labute approximate surface area is 72.6 Å². The molecule has 1 aliphatic rings. The molecule has 0 saturated heterocycles. The SMILES string of the molecule is C=C1CCC(OC(N)=O)C(C)C1. The average molecular weight is 169 g/mol. The summed E-state index contributed by atoms with van der Waals surface area (Å²) in [6.07, 6.45) is 2.08. The van der Waals surface area contributed by atoms with E-state index in [1.54, 1.807) is 0 Å². The van der Waals surface area contributed by atoms with E-state index in [4.69, 9.17) is 10.5 Å². The normalized spacial score (nSPS) is 29.9. The van der Waals surface area contributed by atoms with Gasteiger partial charge in [-0.2, -0.15) is 0 Å².